The first-order valence-corrected chi connectivity index (χ1v) is 8.50. The van der Waals surface area contributed by atoms with E-state index in [4.69, 9.17) is 9.15 Å². The summed E-state index contributed by atoms with van der Waals surface area (Å²) in [6.45, 7) is 0. The molecule has 0 atom stereocenters. The van der Waals surface area contributed by atoms with Crippen LogP contribution in [0.3, 0.4) is 0 Å². The molecule has 0 aliphatic heterocycles. The van der Waals surface area contributed by atoms with Gasteiger partial charge in [0.15, 0.2) is 11.3 Å². The molecule has 1 N–H and O–H groups in total. The molecule has 4 aromatic rings. The summed E-state index contributed by atoms with van der Waals surface area (Å²) < 4.78 is 10.8. The van der Waals surface area contributed by atoms with Crippen LogP contribution in [0.4, 0.5) is 11.4 Å². The van der Waals surface area contributed by atoms with Crippen molar-refractivity contribution >= 4 is 28.4 Å². The van der Waals surface area contributed by atoms with E-state index in [-0.39, 0.29) is 17.0 Å². The Hall–Kier alpha value is -4.27. The normalized spacial score (nSPS) is 10.7. The predicted molar refractivity (Wildman–Crippen MR) is 105 cm³/mol. The number of methoxy groups -OCH3 is 1. The fourth-order valence-electron chi connectivity index (χ4n) is 2.79. The van der Waals surface area contributed by atoms with Gasteiger partial charge in [-0.05, 0) is 30.3 Å². The fraction of sp³-hybridized carbons (Fsp3) is 0.0500. The zero-order valence-electron chi connectivity index (χ0n) is 15.2. The highest BCUT2D eigenvalue weighted by Gasteiger charge is 2.18. The number of ether oxygens (including phenoxy) is 1. The lowest BCUT2D eigenvalue weighted by atomic mass is 10.1. The van der Waals surface area contributed by atoms with Crippen LogP contribution in [-0.4, -0.2) is 27.9 Å². The van der Waals surface area contributed by atoms with Gasteiger partial charge in [-0.25, -0.2) is 4.98 Å². The monoisotopic (exact) mass is 390 g/mol. The van der Waals surface area contributed by atoms with Gasteiger partial charge in [0.25, 0.3) is 5.91 Å². The average Bonchev–Trinajstić information content (AvgIpc) is 3.17. The van der Waals surface area contributed by atoms with E-state index in [1.54, 1.807) is 42.7 Å². The minimum Gasteiger partial charge on any atom is -0.490 e. The Bertz CT molecular complexity index is 1220. The molecule has 9 heteroatoms. The van der Waals surface area contributed by atoms with Gasteiger partial charge in [-0.3, -0.25) is 19.9 Å². The summed E-state index contributed by atoms with van der Waals surface area (Å²) in [7, 11) is 1.31. The van der Waals surface area contributed by atoms with Crippen molar-refractivity contribution in [3.8, 4) is 17.2 Å². The Morgan fingerprint density at radius 2 is 1.93 bits per heavy atom. The maximum Gasteiger partial charge on any atom is 0.310 e. The van der Waals surface area contributed by atoms with Crippen LogP contribution in [0.25, 0.3) is 22.6 Å². The Morgan fingerprint density at radius 1 is 1.14 bits per heavy atom. The zero-order valence-corrected chi connectivity index (χ0v) is 15.2. The summed E-state index contributed by atoms with van der Waals surface area (Å²) in [4.78, 5) is 31.3. The number of hydrogen-bond donors (Lipinski definition) is 1. The molecule has 2 aromatic carbocycles. The average molecular weight is 390 g/mol. The quantitative estimate of drug-likeness (QED) is 0.403. The van der Waals surface area contributed by atoms with Crippen molar-refractivity contribution in [3.05, 3.63) is 76.6 Å². The summed E-state index contributed by atoms with van der Waals surface area (Å²) in [5, 5.41) is 13.7. The number of aromatic nitrogens is 2. The molecule has 4 rings (SSSR count). The number of nitro groups is 1. The summed E-state index contributed by atoms with van der Waals surface area (Å²) >= 11 is 0. The van der Waals surface area contributed by atoms with Crippen molar-refractivity contribution in [1.82, 2.24) is 9.97 Å². The van der Waals surface area contributed by atoms with Crippen molar-refractivity contribution < 1.29 is 18.9 Å². The molecule has 0 fully saturated rings. The van der Waals surface area contributed by atoms with Gasteiger partial charge in [-0.15, -0.1) is 0 Å². The Morgan fingerprint density at radius 3 is 2.66 bits per heavy atom. The maximum absolute atomic E-state index is 12.5. The SMILES string of the molecule is COc1cc(C(=O)Nc2ccc3nc(-c4ccncc4)oc3c2)ccc1[N+](=O)[O-]. The number of carbonyl (C=O) groups excluding carboxylic acids is 1. The van der Waals surface area contributed by atoms with Crippen molar-refractivity contribution in [2.75, 3.05) is 12.4 Å². The molecule has 9 nitrogen and oxygen atoms in total. The van der Waals surface area contributed by atoms with Gasteiger partial charge >= 0.3 is 5.69 Å². The standard InChI is InChI=1S/C20H14N4O5/c1-28-18-10-13(2-5-16(18)24(26)27)19(25)22-14-3-4-15-17(11-14)29-20(23-15)12-6-8-21-9-7-12/h2-11H,1H3,(H,22,25). The van der Waals surface area contributed by atoms with Crippen LogP contribution in [-0.2, 0) is 0 Å². The molecule has 144 valence electrons. The van der Waals surface area contributed by atoms with Gasteiger partial charge in [0.05, 0.1) is 12.0 Å². The first kappa shape index (κ1) is 18.1. The van der Waals surface area contributed by atoms with Crippen LogP contribution < -0.4 is 10.1 Å². The molecule has 0 bridgehead atoms. The second-order valence-corrected chi connectivity index (χ2v) is 6.04. The zero-order chi connectivity index (χ0) is 20.4. The van der Waals surface area contributed by atoms with E-state index in [1.807, 2.05) is 0 Å². The molecule has 0 saturated heterocycles. The fourth-order valence-corrected chi connectivity index (χ4v) is 2.79. The van der Waals surface area contributed by atoms with E-state index in [0.717, 1.165) is 5.56 Å². The van der Waals surface area contributed by atoms with Crippen LogP contribution in [0.2, 0.25) is 0 Å². The first-order valence-electron chi connectivity index (χ1n) is 8.50. The molecule has 0 radical (unpaired) electrons. The Kier molecular flexibility index (Phi) is 4.62. The lowest BCUT2D eigenvalue weighted by Gasteiger charge is -2.07. The van der Waals surface area contributed by atoms with Crippen LogP contribution in [0.1, 0.15) is 10.4 Å². The summed E-state index contributed by atoms with van der Waals surface area (Å²) in [6.07, 6.45) is 3.29. The number of fused-ring (bicyclic) bond motifs is 1. The topological polar surface area (TPSA) is 120 Å². The number of oxazole rings is 1. The lowest BCUT2D eigenvalue weighted by molar-refractivity contribution is -0.385. The van der Waals surface area contributed by atoms with Gasteiger partial charge in [-0.1, -0.05) is 0 Å². The molecule has 0 spiro atoms. The first-order chi connectivity index (χ1) is 14.0. The Balaban J connectivity index is 1.59. The lowest BCUT2D eigenvalue weighted by Crippen LogP contribution is -2.12. The highest BCUT2D eigenvalue weighted by atomic mass is 16.6. The van der Waals surface area contributed by atoms with Crippen molar-refractivity contribution in [1.29, 1.82) is 0 Å². The van der Waals surface area contributed by atoms with E-state index < -0.39 is 10.8 Å². The van der Waals surface area contributed by atoms with E-state index >= 15 is 0 Å². The number of anilines is 1. The van der Waals surface area contributed by atoms with Crippen LogP contribution in [0.5, 0.6) is 5.75 Å². The number of rotatable bonds is 5. The molecular weight excluding hydrogens is 376 g/mol. The number of amides is 1. The summed E-state index contributed by atoms with van der Waals surface area (Å²) in [5.74, 6) is 0.0210. The van der Waals surface area contributed by atoms with Gasteiger partial charge < -0.3 is 14.5 Å². The molecule has 29 heavy (non-hydrogen) atoms. The third kappa shape index (κ3) is 3.61. The Labute approximate surface area is 164 Å². The number of nitrogens with zero attached hydrogens (tertiary/aromatic N) is 3. The molecule has 0 unspecified atom stereocenters. The molecule has 2 aromatic heterocycles. The molecule has 0 aliphatic carbocycles. The van der Waals surface area contributed by atoms with Gasteiger partial charge in [0.2, 0.25) is 5.89 Å². The minimum atomic E-state index is -0.571. The molecule has 0 saturated carbocycles. The van der Waals surface area contributed by atoms with Crippen LogP contribution >= 0.6 is 0 Å². The van der Waals surface area contributed by atoms with E-state index in [9.17, 15) is 14.9 Å². The van der Waals surface area contributed by atoms with Crippen molar-refractivity contribution in [2.24, 2.45) is 0 Å². The van der Waals surface area contributed by atoms with Crippen LogP contribution in [0.15, 0.2) is 65.3 Å². The van der Waals surface area contributed by atoms with E-state index in [0.29, 0.717) is 22.7 Å². The number of hydrogen-bond acceptors (Lipinski definition) is 7. The van der Waals surface area contributed by atoms with Crippen molar-refractivity contribution in [2.45, 2.75) is 0 Å². The van der Waals surface area contributed by atoms with Gasteiger partial charge in [0.1, 0.15) is 5.52 Å². The maximum atomic E-state index is 12.5. The number of nitro benzene ring substituents is 1. The van der Waals surface area contributed by atoms with Crippen LogP contribution in [0, 0.1) is 10.1 Å². The highest BCUT2D eigenvalue weighted by molar-refractivity contribution is 6.05. The largest absolute Gasteiger partial charge is 0.490 e. The molecule has 2 heterocycles. The molecule has 1 amide bonds. The third-order valence-electron chi connectivity index (χ3n) is 4.21. The number of benzene rings is 2. The summed E-state index contributed by atoms with van der Waals surface area (Å²) in [5.41, 5.74) is 2.46. The highest BCUT2D eigenvalue weighted by Crippen LogP contribution is 2.29. The number of nitrogens with one attached hydrogen (secondary N) is 1. The van der Waals surface area contributed by atoms with E-state index in [1.165, 1.54) is 25.3 Å². The van der Waals surface area contributed by atoms with Crippen molar-refractivity contribution in [3.63, 3.8) is 0 Å². The smallest absolute Gasteiger partial charge is 0.310 e. The number of carbonyl (C=O) groups is 1. The van der Waals surface area contributed by atoms with E-state index in [2.05, 4.69) is 15.3 Å². The van der Waals surface area contributed by atoms with Gasteiger partial charge in [-0.2, -0.15) is 0 Å². The molecular formula is C20H14N4O5. The second-order valence-electron chi connectivity index (χ2n) is 6.04. The predicted octanol–water partition coefficient (Wildman–Crippen LogP) is 4.06. The third-order valence-corrected chi connectivity index (χ3v) is 4.21. The second kappa shape index (κ2) is 7.39. The van der Waals surface area contributed by atoms with Gasteiger partial charge in [0, 0.05) is 47.4 Å². The summed E-state index contributed by atoms with van der Waals surface area (Å²) in [6, 6.07) is 12.6. The molecule has 0 aliphatic rings. The minimum absolute atomic E-state index is 0.00956. The number of pyridine rings is 1.